The number of ether oxygens (including phenoxy) is 1. The Kier molecular flexibility index (Phi) is 6.08. The highest BCUT2D eigenvalue weighted by Gasteiger charge is 2.14. The van der Waals surface area contributed by atoms with Gasteiger partial charge in [-0.05, 0) is 44.9 Å². The molecule has 0 heterocycles. The van der Waals surface area contributed by atoms with Gasteiger partial charge in [-0.1, -0.05) is 24.0 Å². The zero-order valence-corrected chi connectivity index (χ0v) is 12.2. The minimum atomic E-state index is -0.504. The van der Waals surface area contributed by atoms with Crippen LogP contribution in [0.25, 0.3) is 0 Å². The second kappa shape index (κ2) is 7.56. The Morgan fingerprint density at radius 1 is 1.40 bits per heavy atom. The van der Waals surface area contributed by atoms with Crippen LogP contribution in [0.1, 0.15) is 31.9 Å². The van der Waals surface area contributed by atoms with Crippen LogP contribution >= 0.6 is 0 Å². The molecule has 2 N–H and O–H groups in total. The summed E-state index contributed by atoms with van der Waals surface area (Å²) in [6.07, 6.45) is 0.145. The maximum absolute atomic E-state index is 11.4. The lowest BCUT2D eigenvalue weighted by Gasteiger charge is -2.18. The van der Waals surface area contributed by atoms with Gasteiger partial charge >= 0.3 is 6.09 Å². The van der Waals surface area contributed by atoms with E-state index >= 15 is 0 Å². The number of aliphatic hydroxyl groups is 1. The first kappa shape index (κ1) is 16.1. The van der Waals surface area contributed by atoms with Crippen molar-refractivity contribution in [1.29, 1.82) is 0 Å². The molecule has 1 amide bonds. The van der Waals surface area contributed by atoms with Gasteiger partial charge in [-0.25, -0.2) is 4.79 Å². The second-order valence-corrected chi connectivity index (χ2v) is 5.33. The number of hydrogen-bond acceptors (Lipinski definition) is 3. The van der Waals surface area contributed by atoms with E-state index in [1.54, 1.807) is 0 Å². The van der Waals surface area contributed by atoms with Crippen LogP contribution in [0, 0.1) is 11.8 Å². The van der Waals surface area contributed by atoms with Gasteiger partial charge in [0.1, 0.15) is 5.60 Å². The average molecular weight is 275 g/mol. The van der Waals surface area contributed by atoms with E-state index in [2.05, 4.69) is 17.2 Å². The molecule has 0 aromatic heterocycles. The number of nitrogens with one attached hydrogen (secondary N) is 1. The quantitative estimate of drug-likeness (QED) is 0.831. The van der Waals surface area contributed by atoms with E-state index in [4.69, 9.17) is 9.84 Å². The molecule has 0 saturated carbocycles. The van der Waals surface area contributed by atoms with Crippen LogP contribution < -0.4 is 5.32 Å². The SMILES string of the molecule is CC(C)(C)OC(=O)NCC#Cc1cccc(CCO)c1. The lowest BCUT2D eigenvalue weighted by atomic mass is 10.1. The molecular formula is C16H21NO3. The van der Waals surface area contributed by atoms with Gasteiger partial charge in [0.25, 0.3) is 0 Å². The summed E-state index contributed by atoms with van der Waals surface area (Å²) < 4.78 is 5.10. The normalized spacial score (nSPS) is 10.4. The Bertz CT molecular complexity index is 506. The van der Waals surface area contributed by atoms with Gasteiger partial charge in [0.2, 0.25) is 0 Å². The number of amides is 1. The van der Waals surface area contributed by atoms with Crippen molar-refractivity contribution >= 4 is 6.09 Å². The summed E-state index contributed by atoms with van der Waals surface area (Å²) in [6.45, 7) is 5.79. The minimum Gasteiger partial charge on any atom is -0.444 e. The highest BCUT2D eigenvalue weighted by Crippen LogP contribution is 2.06. The third kappa shape index (κ3) is 6.81. The van der Waals surface area contributed by atoms with E-state index in [0.717, 1.165) is 11.1 Å². The van der Waals surface area contributed by atoms with Gasteiger partial charge < -0.3 is 15.2 Å². The van der Waals surface area contributed by atoms with Gasteiger partial charge in [-0.2, -0.15) is 0 Å². The van der Waals surface area contributed by atoms with Crippen LogP contribution in [0.4, 0.5) is 4.79 Å². The molecule has 0 radical (unpaired) electrons. The van der Waals surface area contributed by atoms with Crippen LogP contribution in [0.5, 0.6) is 0 Å². The fourth-order valence-corrected chi connectivity index (χ4v) is 1.51. The topological polar surface area (TPSA) is 58.6 Å². The van der Waals surface area contributed by atoms with Crippen LogP contribution in [0.3, 0.4) is 0 Å². The van der Waals surface area contributed by atoms with Crippen molar-refractivity contribution in [3.8, 4) is 11.8 Å². The number of carbonyl (C=O) groups is 1. The first-order chi connectivity index (χ1) is 9.40. The third-order valence-electron chi connectivity index (χ3n) is 2.28. The third-order valence-corrected chi connectivity index (χ3v) is 2.28. The van der Waals surface area contributed by atoms with Crippen molar-refractivity contribution in [3.05, 3.63) is 35.4 Å². The van der Waals surface area contributed by atoms with Crippen molar-refractivity contribution in [2.45, 2.75) is 32.8 Å². The summed E-state index contributed by atoms with van der Waals surface area (Å²) in [5.41, 5.74) is 1.40. The Morgan fingerprint density at radius 3 is 2.80 bits per heavy atom. The molecule has 0 fully saturated rings. The van der Waals surface area contributed by atoms with Crippen molar-refractivity contribution in [2.75, 3.05) is 13.2 Å². The molecule has 0 unspecified atom stereocenters. The summed E-state index contributed by atoms with van der Waals surface area (Å²) in [6, 6.07) is 7.66. The molecule has 0 spiro atoms. The zero-order chi connectivity index (χ0) is 15.0. The Labute approximate surface area is 120 Å². The Balaban J connectivity index is 2.46. The largest absolute Gasteiger partial charge is 0.444 e. The van der Waals surface area contributed by atoms with E-state index in [-0.39, 0.29) is 13.2 Å². The molecule has 0 aliphatic rings. The number of rotatable bonds is 3. The van der Waals surface area contributed by atoms with E-state index in [0.29, 0.717) is 6.42 Å². The van der Waals surface area contributed by atoms with Crippen molar-refractivity contribution < 1.29 is 14.6 Å². The van der Waals surface area contributed by atoms with Crippen molar-refractivity contribution in [1.82, 2.24) is 5.32 Å². The Hall–Kier alpha value is -1.99. The number of alkyl carbamates (subject to hydrolysis) is 1. The fourth-order valence-electron chi connectivity index (χ4n) is 1.51. The smallest absolute Gasteiger partial charge is 0.408 e. The Morgan fingerprint density at radius 2 is 2.15 bits per heavy atom. The molecule has 1 rings (SSSR count). The highest BCUT2D eigenvalue weighted by atomic mass is 16.6. The highest BCUT2D eigenvalue weighted by molar-refractivity contribution is 5.68. The number of carbonyl (C=O) groups excluding carboxylic acids is 1. The monoisotopic (exact) mass is 275 g/mol. The van der Waals surface area contributed by atoms with E-state index in [1.165, 1.54) is 0 Å². The van der Waals surface area contributed by atoms with Gasteiger partial charge in [0.15, 0.2) is 0 Å². The van der Waals surface area contributed by atoms with Gasteiger partial charge in [-0.3, -0.25) is 0 Å². The van der Waals surface area contributed by atoms with Crippen molar-refractivity contribution in [3.63, 3.8) is 0 Å². The predicted octanol–water partition coefficient (Wildman–Crippen LogP) is 2.10. The summed E-state index contributed by atoms with van der Waals surface area (Å²) in [4.78, 5) is 11.4. The molecule has 0 bridgehead atoms. The predicted molar refractivity (Wildman–Crippen MR) is 78.3 cm³/mol. The van der Waals surface area contributed by atoms with Crippen LogP contribution in [-0.4, -0.2) is 30.0 Å². The molecular weight excluding hydrogens is 254 g/mol. The molecule has 0 aliphatic heterocycles. The molecule has 0 aliphatic carbocycles. The number of aliphatic hydroxyl groups excluding tert-OH is 1. The first-order valence-electron chi connectivity index (χ1n) is 6.56. The summed E-state index contributed by atoms with van der Waals surface area (Å²) in [7, 11) is 0. The van der Waals surface area contributed by atoms with Crippen LogP contribution in [0.2, 0.25) is 0 Å². The molecule has 20 heavy (non-hydrogen) atoms. The fraction of sp³-hybridized carbons (Fsp3) is 0.438. The average Bonchev–Trinajstić information content (AvgIpc) is 2.33. The van der Waals surface area contributed by atoms with E-state index in [9.17, 15) is 4.79 Å². The maximum atomic E-state index is 11.4. The van der Waals surface area contributed by atoms with Gasteiger partial charge in [0, 0.05) is 12.2 Å². The second-order valence-electron chi connectivity index (χ2n) is 5.33. The lowest BCUT2D eigenvalue weighted by Crippen LogP contribution is -2.32. The zero-order valence-electron chi connectivity index (χ0n) is 12.2. The molecule has 1 aromatic carbocycles. The van der Waals surface area contributed by atoms with E-state index < -0.39 is 11.7 Å². The van der Waals surface area contributed by atoms with E-state index in [1.807, 2.05) is 45.0 Å². The summed E-state index contributed by atoms with van der Waals surface area (Å²) in [5, 5.41) is 11.5. The van der Waals surface area contributed by atoms with Gasteiger partial charge in [0.05, 0.1) is 6.54 Å². The number of hydrogen-bond donors (Lipinski definition) is 2. The standard InChI is InChI=1S/C16H21NO3/c1-16(2,3)20-15(19)17-10-5-8-13-6-4-7-14(12-13)9-11-18/h4,6-7,12,18H,9-11H2,1-3H3,(H,17,19). The van der Waals surface area contributed by atoms with Gasteiger partial charge in [-0.15, -0.1) is 0 Å². The van der Waals surface area contributed by atoms with Crippen LogP contribution in [-0.2, 0) is 11.2 Å². The summed E-state index contributed by atoms with van der Waals surface area (Å²) in [5.74, 6) is 5.82. The molecule has 4 heteroatoms. The molecule has 108 valence electrons. The van der Waals surface area contributed by atoms with Crippen LogP contribution in [0.15, 0.2) is 24.3 Å². The first-order valence-corrected chi connectivity index (χ1v) is 6.56. The maximum Gasteiger partial charge on any atom is 0.408 e. The molecule has 1 aromatic rings. The number of benzene rings is 1. The van der Waals surface area contributed by atoms with Crippen molar-refractivity contribution in [2.24, 2.45) is 0 Å². The summed E-state index contributed by atoms with van der Waals surface area (Å²) >= 11 is 0. The lowest BCUT2D eigenvalue weighted by molar-refractivity contribution is 0.0535. The molecule has 0 atom stereocenters. The molecule has 0 saturated heterocycles. The molecule has 4 nitrogen and oxygen atoms in total. The minimum absolute atomic E-state index is 0.122.